The summed E-state index contributed by atoms with van der Waals surface area (Å²) in [7, 11) is 0. The van der Waals surface area contributed by atoms with Crippen LogP contribution in [0.2, 0.25) is 0 Å². The van der Waals surface area contributed by atoms with Gasteiger partial charge in [-0.15, -0.1) is 0 Å². The maximum Gasteiger partial charge on any atom is 0.248 e. The maximum atomic E-state index is 11.4. The number of rotatable bonds is 4. The van der Waals surface area contributed by atoms with Crippen molar-refractivity contribution in [2.75, 3.05) is 13.1 Å². The number of nitrogens with one attached hydrogen (secondary N) is 1. The van der Waals surface area contributed by atoms with Crippen LogP contribution in [0.5, 0.6) is 0 Å². The van der Waals surface area contributed by atoms with Crippen LogP contribution < -0.4 is 5.56 Å². The van der Waals surface area contributed by atoms with E-state index in [-0.39, 0.29) is 11.5 Å². The van der Waals surface area contributed by atoms with Crippen molar-refractivity contribution in [1.82, 2.24) is 20.0 Å². The molecule has 1 N–H and O–H groups in total. The minimum absolute atomic E-state index is 0.171. The van der Waals surface area contributed by atoms with Crippen LogP contribution in [0.3, 0.4) is 0 Å². The lowest BCUT2D eigenvalue weighted by Gasteiger charge is -2.30. The summed E-state index contributed by atoms with van der Waals surface area (Å²) in [5, 5.41) is 4.05. The molecule has 25 heavy (non-hydrogen) atoms. The average molecular weight is 336 g/mol. The number of benzene rings is 1. The van der Waals surface area contributed by atoms with Gasteiger partial charge in [0.1, 0.15) is 0 Å². The number of piperidine rings is 1. The fourth-order valence-electron chi connectivity index (χ4n) is 3.34. The molecule has 6 heteroatoms. The standard InChI is InChI=1S/C19H20N4O2/c24-17-11-15(8-9-20-17)18-21-19(25-22-18)16-7-4-10-23(13-16)12-14-5-2-1-3-6-14/h1-3,5-6,8-9,11,16H,4,7,10,12-13H2,(H,20,24)/t16-/m1/s1. The normalized spacial score (nSPS) is 18.3. The molecule has 128 valence electrons. The van der Waals surface area contributed by atoms with E-state index in [1.165, 1.54) is 11.6 Å². The fourth-order valence-corrected chi connectivity index (χ4v) is 3.34. The third-order valence-corrected chi connectivity index (χ3v) is 4.58. The average Bonchev–Trinajstić information content (AvgIpc) is 3.13. The molecule has 2 aromatic heterocycles. The Labute approximate surface area is 145 Å². The molecule has 1 atom stereocenters. The van der Waals surface area contributed by atoms with E-state index in [1.807, 2.05) is 6.07 Å². The second-order valence-electron chi connectivity index (χ2n) is 6.46. The molecule has 1 aromatic carbocycles. The summed E-state index contributed by atoms with van der Waals surface area (Å²) in [6.45, 7) is 2.93. The molecule has 3 aromatic rings. The first-order chi connectivity index (χ1) is 12.3. The second kappa shape index (κ2) is 7.03. The Kier molecular flexibility index (Phi) is 4.43. The van der Waals surface area contributed by atoms with E-state index in [0.717, 1.165) is 32.5 Å². The minimum atomic E-state index is -0.171. The molecule has 4 rings (SSSR count). The highest BCUT2D eigenvalue weighted by molar-refractivity contribution is 5.52. The van der Waals surface area contributed by atoms with Crippen LogP contribution in [0.4, 0.5) is 0 Å². The van der Waals surface area contributed by atoms with Crippen molar-refractivity contribution in [1.29, 1.82) is 0 Å². The Morgan fingerprint density at radius 3 is 2.96 bits per heavy atom. The second-order valence-corrected chi connectivity index (χ2v) is 6.46. The van der Waals surface area contributed by atoms with Gasteiger partial charge in [0.2, 0.25) is 17.3 Å². The molecule has 0 spiro atoms. The van der Waals surface area contributed by atoms with Crippen LogP contribution in [0.15, 0.2) is 58.0 Å². The summed E-state index contributed by atoms with van der Waals surface area (Å²) >= 11 is 0. The molecule has 0 radical (unpaired) electrons. The summed E-state index contributed by atoms with van der Waals surface area (Å²) < 4.78 is 5.50. The number of pyridine rings is 1. The van der Waals surface area contributed by atoms with Crippen LogP contribution in [-0.2, 0) is 6.54 Å². The Morgan fingerprint density at radius 2 is 2.12 bits per heavy atom. The van der Waals surface area contributed by atoms with Gasteiger partial charge in [0.15, 0.2) is 0 Å². The van der Waals surface area contributed by atoms with Crippen molar-refractivity contribution in [3.05, 3.63) is 70.5 Å². The molecule has 0 amide bonds. The quantitative estimate of drug-likeness (QED) is 0.793. The fraction of sp³-hybridized carbons (Fsp3) is 0.316. The molecule has 0 saturated carbocycles. The number of likely N-dealkylation sites (tertiary alicyclic amines) is 1. The van der Waals surface area contributed by atoms with Crippen molar-refractivity contribution in [3.63, 3.8) is 0 Å². The Hall–Kier alpha value is -2.73. The van der Waals surface area contributed by atoms with E-state index in [9.17, 15) is 4.79 Å². The first-order valence-electron chi connectivity index (χ1n) is 8.57. The highest BCUT2D eigenvalue weighted by Crippen LogP contribution is 2.28. The zero-order valence-corrected chi connectivity index (χ0v) is 13.9. The topological polar surface area (TPSA) is 75.0 Å². The van der Waals surface area contributed by atoms with Gasteiger partial charge in [0.25, 0.3) is 0 Å². The SMILES string of the molecule is O=c1cc(-c2noc([C@@H]3CCCN(Cc4ccccc4)C3)n2)cc[nH]1. The monoisotopic (exact) mass is 336 g/mol. The smallest absolute Gasteiger partial charge is 0.248 e. The molecule has 0 unspecified atom stereocenters. The number of H-pyrrole nitrogens is 1. The third kappa shape index (κ3) is 3.69. The van der Waals surface area contributed by atoms with Crippen molar-refractivity contribution < 1.29 is 4.52 Å². The predicted molar refractivity (Wildman–Crippen MR) is 94.0 cm³/mol. The molecule has 1 saturated heterocycles. The maximum absolute atomic E-state index is 11.4. The van der Waals surface area contributed by atoms with E-state index in [0.29, 0.717) is 17.3 Å². The van der Waals surface area contributed by atoms with Crippen molar-refractivity contribution >= 4 is 0 Å². The zero-order valence-electron chi connectivity index (χ0n) is 13.9. The van der Waals surface area contributed by atoms with E-state index in [1.54, 1.807) is 12.3 Å². The van der Waals surface area contributed by atoms with Gasteiger partial charge in [-0.2, -0.15) is 4.98 Å². The van der Waals surface area contributed by atoms with Gasteiger partial charge in [0, 0.05) is 30.9 Å². The van der Waals surface area contributed by atoms with Crippen LogP contribution in [0, 0.1) is 0 Å². The van der Waals surface area contributed by atoms with E-state index < -0.39 is 0 Å². The molecule has 1 aliphatic heterocycles. The molecule has 3 heterocycles. The molecular weight excluding hydrogens is 316 g/mol. The minimum Gasteiger partial charge on any atom is -0.339 e. The van der Waals surface area contributed by atoms with Gasteiger partial charge in [-0.1, -0.05) is 35.5 Å². The van der Waals surface area contributed by atoms with E-state index >= 15 is 0 Å². The summed E-state index contributed by atoms with van der Waals surface area (Å²) in [6, 6.07) is 13.8. The highest BCUT2D eigenvalue weighted by Gasteiger charge is 2.26. The molecule has 1 aliphatic rings. The summed E-state index contributed by atoms with van der Waals surface area (Å²) in [5.41, 5.74) is 1.82. The van der Waals surface area contributed by atoms with Crippen LogP contribution in [0.1, 0.15) is 30.2 Å². The number of aromatic amines is 1. The van der Waals surface area contributed by atoms with Gasteiger partial charge in [-0.3, -0.25) is 9.69 Å². The van der Waals surface area contributed by atoms with Gasteiger partial charge in [-0.05, 0) is 31.0 Å². The predicted octanol–water partition coefficient (Wildman–Crippen LogP) is 2.80. The van der Waals surface area contributed by atoms with Gasteiger partial charge < -0.3 is 9.51 Å². The number of hydrogen-bond donors (Lipinski definition) is 1. The van der Waals surface area contributed by atoms with Gasteiger partial charge >= 0.3 is 0 Å². The summed E-state index contributed by atoms with van der Waals surface area (Å²) in [5.74, 6) is 1.37. The first-order valence-corrected chi connectivity index (χ1v) is 8.57. The van der Waals surface area contributed by atoms with E-state index in [4.69, 9.17) is 4.52 Å². The lowest BCUT2D eigenvalue weighted by molar-refractivity contribution is 0.180. The largest absolute Gasteiger partial charge is 0.339 e. The Balaban J connectivity index is 1.47. The van der Waals surface area contributed by atoms with Crippen LogP contribution in [-0.4, -0.2) is 33.1 Å². The van der Waals surface area contributed by atoms with E-state index in [2.05, 4.69) is 44.3 Å². The van der Waals surface area contributed by atoms with Crippen LogP contribution >= 0.6 is 0 Å². The summed E-state index contributed by atoms with van der Waals surface area (Å²) in [4.78, 5) is 21.0. The van der Waals surface area contributed by atoms with Crippen molar-refractivity contribution in [2.24, 2.45) is 0 Å². The lowest BCUT2D eigenvalue weighted by Crippen LogP contribution is -2.34. The number of aromatic nitrogens is 3. The third-order valence-electron chi connectivity index (χ3n) is 4.58. The van der Waals surface area contributed by atoms with Crippen molar-refractivity contribution in [3.8, 4) is 11.4 Å². The van der Waals surface area contributed by atoms with Gasteiger partial charge in [0.05, 0.1) is 5.92 Å². The molecule has 6 nitrogen and oxygen atoms in total. The van der Waals surface area contributed by atoms with Gasteiger partial charge in [-0.25, -0.2) is 0 Å². The first kappa shape index (κ1) is 15.8. The Bertz CT molecular complexity index is 887. The zero-order chi connectivity index (χ0) is 17.1. The molecule has 1 fully saturated rings. The highest BCUT2D eigenvalue weighted by atomic mass is 16.5. The summed E-state index contributed by atoms with van der Waals surface area (Å²) in [6.07, 6.45) is 3.75. The molecule has 0 bridgehead atoms. The number of nitrogens with zero attached hydrogens (tertiary/aromatic N) is 3. The molecule has 0 aliphatic carbocycles. The molecular formula is C19H20N4O2. The van der Waals surface area contributed by atoms with Crippen LogP contribution in [0.25, 0.3) is 11.4 Å². The Morgan fingerprint density at radius 1 is 1.24 bits per heavy atom. The number of hydrogen-bond acceptors (Lipinski definition) is 5. The van der Waals surface area contributed by atoms with Crippen molar-refractivity contribution in [2.45, 2.75) is 25.3 Å². The lowest BCUT2D eigenvalue weighted by atomic mass is 9.97.